The first kappa shape index (κ1) is 12.4. The highest BCUT2D eigenvalue weighted by molar-refractivity contribution is 5.95. The van der Waals surface area contributed by atoms with E-state index in [0.717, 1.165) is 5.56 Å². The number of ether oxygens (including phenoxy) is 2. The maximum atomic E-state index is 11.9. The molecule has 1 aliphatic heterocycles. The lowest BCUT2D eigenvalue weighted by Crippen LogP contribution is -2.28. The number of carboxylic acids is 1. The lowest BCUT2D eigenvalue weighted by molar-refractivity contribution is -0.137. The van der Waals surface area contributed by atoms with Crippen LogP contribution in [0.5, 0.6) is 5.75 Å². The van der Waals surface area contributed by atoms with Crippen LogP contribution in [0.1, 0.15) is 28.8 Å². The van der Waals surface area contributed by atoms with E-state index in [2.05, 4.69) is 0 Å². The number of cyclic esters (lactones) is 1. The van der Waals surface area contributed by atoms with E-state index in [-0.39, 0.29) is 12.5 Å². The lowest BCUT2D eigenvalue weighted by Gasteiger charge is -2.25. The fourth-order valence-corrected chi connectivity index (χ4v) is 2.09. The second-order valence-corrected chi connectivity index (χ2v) is 4.16. The zero-order chi connectivity index (χ0) is 13.1. The number of methoxy groups -OCH3 is 1. The predicted octanol–water partition coefficient (Wildman–Crippen LogP) is 1.64. The fourth-order valence-electron chi connectivity index (χ4n) is 2.09. The molecular formula is C13H14O5. The Hall–Kier alpha value is -2.04. The average molecular weight is 250 g/mol. The van der Waals surface area contributed by atoms with Crippen LogP contribution >= 0.6 is 0 Å². The molecule has 0 saturated heterocycles. The molecule has 1 aromatic carbocycles. The molecular weight excluding hydrogens is 236 g/mol. The van der Waals surface area contributed by atoms with Crippen molar-refractivity contribution in [2.45, 2.75) is 25.4 Å². The van der Waals surface area contributed by atoms with Crippen LogP contribution in [0.3, 0.4) is 0 Å². The summed E-state index contributed by atoms with van der Waals surface area (Å²) in [6, 6.07) is 5.36. The van der Waals surface area contributed by atoms with Crippen LogP contribution in [-0.4, -0.2) is 30.3 Å². The van der Waals surface area contributed by atoms with E-state index >= 15 is 0 Å². The summed E-state index contributed by atoms with van der Waals surface area (Å²) < 4.78 is 10.3. The van der Waals surface area contributed by atoms with Gasteiger partial charge in [-0.2, -0.15) is 0 Å². The number of benzene rings is 1. The van der Waals surface area contributed by atoms with E-state index < -0.39 is 11.9 Å². The molecule has 1 aromatic rings. The molecule has 1 atom stereocenters. The summed E-state index contributed by atoms with van der Waals surface area (Å²) in [5.74, 6) is -0.833. The SMILES string of the molecule is COc1cccc2c1C(=O)OC(CCC(=O)O)C2. The first-order chi connectivity index (χ1) is 8.61. The number of carboxylic acid groups (broad SMARTS) is 1. The molecule has 0 fully saturated rings. The molecule has 1 heterocycles. The van der Waals surface area contributed by atoms with Gasteiger partial charge in [0, 0.05) is 12.8 Å². The topological polar surface area (TPSA) is 72.8 Å². The number of esters is 1. The van der Waals surface area contributed by atoms with Crippen molar-refractivity contribution in [2.75, 3.05) is 7.11 Å². The normalized spacial score (nSPS) is 17.8. The Bertz CT molecular complexity index is 480. The monoisotopic (exact) mass is 250 g/mol. The number of hydrogen-bond donors (Lipinski definition) is 1. The van der Waals surface area contributed by atoms with Gasteiger partial charge in [0.1, 0.15) is 17.4 Å². The van der Waals surface area contributed by atoms with E-state index in [1.807, 2.05) is 12.1 Å². The predicted molar refractivity (Wildman–Crippen MR) is 62.8 cm³/mol. The highest BCUT2D eigenvalue weighted by Crippen LogP contribution is 2.29. The zero-order valence-electron chi connectivity index (χ0n) is 10.0. The van der Waals surface area contributed by atoms with Gasteiger partial charge >= 0.3 is 11.9 Å². The number of carbonyl (C=O) groups is 2. The smallest absolute Gasteiger partial charge is 0.342 e. The van der Waals surface area contributed by atoms with Gasteiger partial charge in [-0.1, -0.05) is 12.1 Å². The highest BCUT2D eigenvalue weighted by Gasteiger charge is 2.29. The van der Waals surface area contributed by atoms with Crippen LogP contribution in [0, 0.1) is 0 Å². The van der Waals surface area contributed by atoms with Crippen LogP contribution in [0.25, 0.3) is 0 Å². The summed E-state index contributed by atoms with van der Waals surface area (Å²) in [5.41, 5.74) is 1.30. The molecule has 0 aromatic heterocycles. The molecule has 1 N–H and O–H groups in total. The number of aliphatic carboxylic acids is 1. The Morgan fingerprint density at radius 2 is 2.33 bits per heavy atom. The third kappa shape index (κ3) is 2.45. The van der Waals surface area contributed by atoms with E-state index in [4.69, 9.17) is 14.6 Å². The Balaban J connectivity index is 2.19. The van der Waals surface area contributed by atoms with Gasteiger partial charge in [-0.05, 0) is 18.1 Å². The molecule has 0 bridgehead atoms. The minimum Gasteiger partial charge on any atom is -0.496 e. The Labute approximate surface area is 104 Å². The van der Waals surface area contributed by atoms with Crippen molar-refractivity contribution < 1.29 is 24.2 Å². The minimum absolute atomic E-state index is 0.00273. The van der Waals surface area contributed by atoms with E-state index in [9.17, 15) is 9.59 Å². The molecule has 5 heteroatoms. The van der Waals surface area contributed by atoms with E-state index in [1.165, 1.54) is 7.11 Å². The molecule has 0 spiro atoms. The van der Waals surface area contributed by atoms with Crippen LogP contribution in [0.4, 0.5) is 0 Å². The number of hydrogen-bond acceptors (Lipinski definition) is 4. The van der Waals surface area contributed by atoms with Gasteiger partial charge in [0.25, 0.3) is 0 Å². The van der Waals surface area contributed by atoms with Gasteiger partial charge < -0.3 is 14.6 Å². The Morgan fingerprint density at radius 1 is 1.56 bits per heavy atom. The third-order valence-corrected chi connectivity index (χ3v) is 2.94. The summed E-state index contributed by atoms with van der Waals surface area (Å²) in [7, 11) is 1.50. The van der Waals surface area contributed by atoms with Crippen molar-refractivity contribution >= 4 is 11.9 Å². The van der Waals surface area contributed by atoms with Gasteiger partial charge in [-0.3, -0.25) is 4.79 Å². The molecule has 1 aliphatic rings. The van der Waals surface area contributed by atoms with E-state index in [1.54, 1.807) is 6.07 Å². The van der Waals surface area contributed by atoms with E-state index in [0.29, 0.717) is 24.2 Å². The van der Waals surface area contributed by atoms with Crippen molar-refractivity contribution in [1.82, 2.24) is 0 Å². The van der Waals surface area contributed by atoms with Crippen LogP contribution in [0.2, 0.25) is 0 Å². The van der Waals surface area contributed by atoms with Crippen LogP contribution in [0.15, 0.2) is 18.2 Å². The lowest BCUT2D eigenvalue weighted by atomic mass is 9.95. The standard InChI is InChI=1S/C13H14O5/c1-17-10-4-2-3-8-7-9(5-6-11(14)15)18-13(16)12(8)10/h2-4,9H,5-7H2,1H3,(H,14,15). The molecule has 0 amide bonds. The number of fused-ring (bicyclic) bond motifs is 1. The first-order valence-electron chi connectivity index (χ1n) is 5.70. The third-order valence-electron chi connectivity index (χ3n) is 2.94. The van der Waals surface area contributed by atoms with Gasteiger partial charge in [0.15, 0.2) is 0 Å². The average Bonchev–Trinajstić information content (AvgIpc) is 2.35. The summed E-state index contributed by atoms with van der Waals surface area (Å²) in [6.45, 7) is 0. The van der Waals surface area contributed by atoms with Gasteiger partial charge in [0.2, 0.25) is 0 Å². The summed E-state index contributed by atoms with van der Waals surface area (Å²) in [6.07, 6.45) is 0.494. The fraction of sp³-hybridized carbons (Fsp3) is 0.385. The Kier molecular flexibility index (Phi) is 3.50. The molecule has 96 valence electrons. The minimum atomic E-state index is -0.887. The second-order valence-electron chi connectivity index (χ2n) is 4.16. The molecule has 1 unspecified atom stereocenters. The molecule has 2 rings (SSSR count). The van der Waals surface area contributed by atoms with Crippen molar-refractivity contribution in [3.8, 4) is 5.75 Å². The largest absolute Gasteiger partial charge is 0.496 e. The summed E-state index contributed by atoms with van der Waals surface area (Å²) in [5, 5.41) is 8.63. The first-order valence-corrected chi connectivity index (χ1v) is 5.70. The van der Waals surface area contributed by atoms with Gasteiger partial charge in [-0.15, -0.1) is 0 Å². The number of carbonyl (C=O) groups excluding carboxylic acids is 1. The molecule has 5 nitrogen and oxygen atoms in total. The van der Waals surface area contributed by atoms with Gasteiger partial charge in [0.05, 0.1) is 7.11 Å². The zero-order valence-corrected chi connectivity index (χ0v) is 10.0. The highest BCUT2D eigenvalue weighted by atomic mass is 16.5. The van der Waals surface area contributed by atoms with Crippen molar-refractivity contribution in [2.24, 2.45) is 0 Å². The van der Waals surface area contributed by atoms with Crippen molar-refractivity contribution in [1.29, 1.82) is 0 Å². The summed E-state index contributed by atoms with van der Waals surface area (Å²) >= 11 is 0. The molecule has 18 heavy (non-hydrogen) atoms. The quantitative estimate of drug-likeness (QED) is 0.822. The molecule has 0 aliphatic carbocycles. The van der Waals surface area contributed by atoms with Crippen LogP contribution < -0.4 is 4.74 Å². The van der Waals surface area contributed by atoms with Gasteiger partial charge in [-0.25, -0.2) is 4.79 Å². The summed E-state index contributed by atoms with van der Waals surface area (Å²) in [4.78, 5) is 22.4. The van der Waals surface area contributed by atoms with Crippen molar-refractivity contribution in [3.63, 3.8) is 0 Å². The maximum absolute atomic E-state index is 11.9. The maximum Gasteiger partial charge on any atom is 0.342 e. The number of rotatable bonds is 4. The second kappa shape index (κ2) is 5.08. The van der Waals surface area contributed by atoms with Crippen LogP contribution in [-0.2, 0) is 16.0 Å². The van der Waals surface area contributed by atoms with Crippen molar-refractivity contribution in [3.05, 3.63) is 29.3 Å². The molecule has 0 radical (unpaired) electrons. The Morgan fingerprint density at radius 3 is 3.00 bits per heavy atom. The molecule has 0 saturated carbocycles.